The van der Waals surface area contributed by atoms with E-state index in [1.165, 1.54) is 6.20 Å². The van der Waals surface area contributed by atoms with E-state index in [1.54, 1.807) is 6.07 Å². The Morgan fingerprint density at radius 3 is 2.93 bits per heavy atom. The molecule has 1 aromatic heterocycles. The summed E-state index contributed by atoms with van der Waals surface area (Å²) < 4.78 is 0. The fraction of sp³-hybridized carbons (Fsp3) is 0.455. The molecule has 1 aliphatic carbocycles. The molecule has 80 valence electrons. The normalized spacial score (nSPS) is 15.0. The second-order valence-electron chi connectivity index (χ2n) is 3.69. The second-order valence-corrected chi connectivity index (χ2v) is 3.69. The molecular formula is C11H14N2O2. The average molecular weight is 206 g/mol. The predicted molar refractivity (Wildman–Crippen MR) is 57.2 cm³/mol. The molecular weight excluding hydrogens is 192 g/mol. The maximum absolute atomic E-state index is 11.0. The molecule has 4 heteroatoms. The van der Waals surface area contributed by atoms with Gasteiger partial charge in [-0.1, -0.05) is 0 Å². The number of carbonyl (C=O) groups is 1. The Morgan fingerprint density at radius 1 is 1.67 bits per heavy atom. The van der Waals surface area contributed by atoms with Gasteiger partial charge in [0.15, 0.2) is 5.69 Å². The molecule has 0 bridgehead atoms. The Kier molecular flexibility index (Phi) is 2.58. The van der Waals surface area contributed by atoms with E-state index in [4.69, 9.17) is 5.11 Å². The minimum Gasteiger partial charge on any atom is -0.476 e. The van der Waals surface area contributed by atoms with E-state index in [1.807, 2.05) is 13.0 Å². The standard InChI is InChI=1S/C11H14N2O2/c1-2-13(8-5-6-8)9-4-3-7-12-10(9)11(14)15/h3-4,7-8H,2,5-6H2,1H3,(H,14,15). The first kappa shape index (κ1) is 9.96. The number of pyridine rings is 1. The van der Waals surface area contributed by atoms with Crippen LogP contribution in [0.1, 0.15) is 30.3 Å². The minimum absolute atomic E-state index is 0.159. The lowest BCUT2D eigenvalue weighted by atomic mass is 10.2. The third-order valence-corrected chi connectivity index (χ3v) is 2.63. The lowest BCUT2D eigenvalue weighted by Gasteiger charge is -2.23. The Morgan fingerprint density at radius 2 is 2.40 bits per heavy atom. The second kappa shape index (κ2) is 3.88. The average Bonchev–Trinajstić information content (AvgIpc) is 3.04. The molecule has 0 unspecified atom stereocenters. The third-order valence-electron chi connectivity index (χ3n) is 2.63. The van der Waals surface area contributed by atoms with Crippen LogP contribution < -0.4 is 4.90 Å². The number of hydrogen-bond acceptors (Lipinski definition) is 3. The highest BCUT2D eigenvalue weighted by molar-refractivity contribution is 5.92. The number of hydrogen-bond donors (Lipinski definition) is 1. The van der Waals surface area contributed by atoms with Crippen molar-refractivity contribution in [2.45, 2.75) is 25.8 Å². The first-order valence-corrected chi connectivity index (χ1v) is 5.19. The monoisotopic (exact) mass is 206 g/mol. The Balaban J connectivity index is 2.36. The zero-order valence-electron chi connectivity index (χ0n) is 8.68. The van der Waals surface area contributed by atoms with E-state index in [0.29, 0.717) is 6.04 Å². The van der Waals surface area contributed by atoms with Crippen LogP contribution in [-0.4, -0.2) is 28.6 Å². The van der Waals surface area contributed by atoms with Gasteiger partial charge in [0.25, 0.3) is 0 Å². The molecule has 4 nitrogen and oxygen atoms in total. The number of carboxylic acid groups (broad SMARTS) is 1. The fourth-order valence-electron chi connectivity index (χ4n) is 1.80. The van der Waals surface area contributed by atoms with Crippen LogP contribution in [0.3, 0.4) is 0 Å². The highest BCUT2D eigenvalue weighted by Gasteiger charge is 2.30. The topological polar surface area (TPSA) is 53.4 Å². The van der Waals surface area contributed by atoms with Crippen molar-refractivity contribution in [1.29, 1.82) is 0 Å². The van der Waals surface area contributed by atoms with Crippen molar-refractivity contribution in [2.75, 3.05) is 11.4 Å². The minimum atomic E-state index is -0.954. The van der Waals surface area contributed by atoms with Crippen molar-refractivity contribution in [3.63, 3.8) is 0 Å². The molecule has 1 fully saturated rings. The van der Waals surface area contributed by atoms with E-state index >= 15 is 0 Å². The van der Waals surface area contributed by atoms with Crippen LogP contribution in [-0.2, 0) is 0 Å². The molecule has 1 heterocycles. The zero-order chi connectivity index (χ0) is 10.8. The number of aromatic carboxylic acids is 1. The molecule has 1 N–H and O–H groups in total. The van der Waals surface area contributed by atoms with Crippen LogP contribution in [0.5, 0.6) is 0 Å². The van der Waals surface area contributed by atoms with Crippen LogP contribution in [0.25, 0.3) is 0 Å². The van der Waals surface area contributed by atoms with Crippen molar-refractivity contribution < 1.29 is 9.90 Å². The highest BCUT2D eigenvalue weighted by atomic mass is 16.4. The number of nitrogens with zero attached hydrogens (tertiary/aromatic N) is 2. The quantitative estimate of drug-likeness (QED) is 0.815. The third kappa shape index (κ3) is 1.93. The number of rotatable bonds is 4. The summed E-state index contributed by atoms with van der Waals surface area (Å²) >= 11 is 0. The maximum atomic E-state index is 11.0. The van der Waals surface area contributed by atoms with Crippen molar-refractivity contribution >= 4 is 11.7 Å². The highest BCUT2D eigenvalue weighted by Crippen LogP contribution is 2.32. The van der Waals surface area contributed by atoms with E-state index in [-0.39, 0.29) is 5.69 Å². The van der Waals surface area contributed by atoms with Gasteiger partial charge in [0, 0.05) is 18.8 Å². The fourth-order valence-corrected chi connectivity index (χ4v) is 1.80. The number of carboxylic acids is 1. The zero-order valence-corrected chi connectivity index (χ0v) is 8.68. The van der Waals surface area contributed by atoms with Crippen molar-refractivity contribution in [1.82, 2.24) is 4.98 Å². The van der Waals surface area contributed by atoms with E-state index in [0.717, 1.165) is 25.1 Å². The molecule has 1 aromatic rings. The smallest absolute Gasteiger partial charge is 0.356 e. The van der Waals surface area contributed by atoms with Gasteiger partial charge in [-0.25, -0.2) is 9.78 Å². The Hall–Kier alpha value is -1.58. The van der Waals surface area contributed by atoms with Gasteiger partial charge in [-0.15, -0.1) is 0 Å². The lowest BCUT2D eigenvalue weighted by Crippen LogP contribution is -2.27. The van der Waals surface area contributed by atoms with Crippen molar-refractivity contribution in [3.8, 4) is 0 Å². The van der Waals surface area contributed by atoms with Gasteiger partial charge in [0.1, 0.15) is 0 Å². The summed E-state index contributed by atoms with van der Waals surface area (Å²) in [5, 5.41) is 9.02. The summed E-state index contributed by atoms with van der Waals surface area (Å²) in [6, 6.07) is 4.13. The largest absolute Gasteiger partial charge is 0.476 e. The molecule has 0 aromatic carbocycles. The van der Waals surface area contributed by atoms with Gasteiger partial charge in [-0.05, 0) is 31.9 Å². The SMILES string of the molecule is CCN(c1cccnc1C(=O)O)C1CC1. The predicted octanol–water partition coefficient (Wildman–Crippen LogP) is 1.77. The van der Waals surface area contributed by atoms with Gasteiger partial charge >= 0.3 is 5.97 Å². The Bertz CT molecular complexity index is 375. The molecule has 0 amide bonds. The first-order valence-electron chi connectivity index (χ1n) is 5.19. The maximum Gasteiger partial charge on any atom is 0.356 e. The van der Waals surface area contributed by atoms with Crippen molar-refractivity contribution in [2.24, 2.45) is 0 Å². The van der Waals surface area contributed by atoms with Gasteiger partial charge in [-0.2, -0.15) is 0 Å². The number of anilines is 1. The summed E-state index contributed by atoms with van der Waals surface area (Å²) in [6.45, 7) is 2.87. The summed E-state index contributed by atoms with van der Waals surface area (Å²) in [6.07, 6.45) is 3.83. The van der Waals surface area contributed by atoms with E-state index in [2.05, 4.69) is 9.88 Å². The van der Waals surface area contributed by atoms with Gasteiger partial charge in [0.2, 0.25) is 0 Å². The van der Waals surface area contributed by atoms with Gasteiger partial charge < -0.3 is 10.0 Å². The van der Waals surface area contributed by atoms with Crippen LogP contribution >= 0.6 is 0 Å². The molecule has 15 heavy (non-hydrogen) atoms. The molecule has 1 aliphatic rings. The molecule has 0 atom stereocenters. The molecule has 1 saturated carbocycles. The van der Waals surface area contributed by atoms with Crippen LogP contribution in [0, 0.1) is 0 Å². The van der Waals surface area contributed by atoms with Crippen LogP contribution in [0.15, 0.2) is 18.3 Å². The molecule has 0 radical (unpaired) electrons. The lowest BCUT2D eigenvalue weighted by molar-refractivity contribution is 0.0691. The van der Waals surface area contributed by atoms with Crippen LogP contribution in [0.2, 0.25) is 0 Å². The summed E-state index contributed by atoms with van der Waals surface area (Å²) in [5.74, 6) is -0.954. The van der Waals surface area contributed by atoms with Gasteiger partial charge in [0.05, 0.1) is 5.69 Å². The van der Waals surface area contributed by atoms with Crippen LogP contribution in [0.4, 0.5) is 5.69 Å². The molecule has 0 aliphatic heterocycles. The molecule has 2 rings (SSSR count). The first-order chi connectivity index (χ1) is 7.24. The summed E-state index contributed by atoms with van der Waals surface area (Å²) in [7, 11) is 0. The molecule has 0 saturated heterocycles. The van der Waals surface area contributed by atoms with Gasteiger partial charge in [-0.3, -0.25) is 0 Å². The van der Waals surface area contributed by atoms with E-state index < -0.39 is 5.97 Å². The summed E-state index contributed by atoms with van der Waals surface area (Å²) in [4.78, 5) is 17.0. The molecule has 0 spiro atoms. The Labute approximate surface area is 88.6 Å². The summed E-state index contributed by atoms with van der Waals surface area (Å²) in [5.41, 5.74) is 0.904. The van der Waals surface area contributed by atoms with E-state index in [9.17, 15) is 4.79 Å². The number of aromatic nitrogens is 1. The van der Waals surface area contributed by atoms with Crippen molar-refractivity contribution in [3.05, 3.63) is 24.0 Å².